The zero-order valence-electron chi connectivity index (χ0n) is 16.3. The number of amidine groups is 1. The second-order valence-electron chi connectivity index (χ2n) is 7.58. The van der Waals surface area contributed by atoms with Crippen LogP contribution in [0.15, 0.2) is 59.6 Å². The standard InChI is InChI=1S/C22H19F4N3O2/c23-16-12-10-15(11-13-16)19(30)28-21(22(24,25)26)20(31)29(17-8-4-5-9-17)18(27-21)14-6-2-1-3-7-14/h1-3,6-7,10-13,17H,4-5,8-9H2,(H,28,30)/t21-/m1/s1. The van der Waals surface area contributed by atoms with Crippen molar-refractivity contribution < 1.29 is 27.2 Å². The molecule has 9 heteroatoms. The van der Waals surface area contributed by atoms with Crippen LogP contribution in [-0.4, -0.2) is 40.4 Å². The van der Waals surface area contributed by atoms with Crippen LogP contribution < -0.4 is 5.32 Å². The summed E-state index contributed by atoms with van der Waals surface area (Å²) in [5.74, 6) is -3.26. The van der Waals surface area contributed by atoms with Gasteiger partial charge in [0.15, 0.2) is 0 Å². The molecule has 2 amide bonds. The second kappa shape index (κ2) is 7.79. The van der Waals surface area contributed by atoms with E-state index in [4.69, 9.17) is 0 Å². The average Bonchev–Trinajstić information content (AvgIpc) is 3.36. The summed E-state index contributed by atoms with van der Waals surface area (Å²) in [6.07, 6.45) is -2.50. The zero-order valence-corrected chi connectivity index (χ0v) is 16.3. The van der Waals surface area contributed by atoms with E-state index in [-0.39, 0.29) is 11.4 Å². The Kier molecular flexibility index (Phi) is 5.28. The van der Waals surface area contributed by atoms with E-state index in [2.05, 4.69) is 4.99 Å². The van der Waals surface area contributed by atoms with Gasteiger partial charge in [0.05, 0.1) is 0 Å². The molecule has 1 N–H and O–H groups in total. The number of hydrogen-bond donors (Lipinski definition) is 1. The molecule has 1 fully saturated rings. The molecular formula is C22H19F4N3O2. The third-order valence-electron chi connectivity index (χ3n) is 5.56. The Morgan fingerprint density at radius 3 is 2.23 bits per heavy atom. The fourth-order valence-corrected chi connectivity index (χ4v) is 4.00. The first-order valence-corrected chi connectivity index (χ1v) is 9.87. The van der Waals surface area contributed by atoms with Crippen molar-refractivity contribution in [2.45, 2.75) is 43.6 Å². The van der Waals surface area contributed by atoms with Crippen molar-refractivity contribution in [3.8, 4) is 0 Å². The van der Waals surface area contributed by atoms with E-state index >= 15 is 0 Å². The second-order valence-corrected chi connectivity index (χ2v) is 7.58. The van der Waals surface area contributed by atoms with Crippen LogP contribution in [0.1, 0.15) is 41.6 Å². The predicted molar refractivity (Wildman–Crippen MR) is 105 cm³/mol. The summed E-state index contributed by atoms with van der Waals surface area (Å²) in [5, 5.41) is 1.81. The highest BCUT2D eigenvalue weighted by atomic mass is 19.4. The van der Waals surface area contributed by atoms with Gasteiger partial charge >= 0.3 is 11.8 Å². The van der Waals surface area contributed by atoms with Crippen molar-refractivity contribution in [2.75, 3.05) is 0 Å². The van der Waals surface area contributed by atoms with E-state index in [1.807, 2.05) is 0 Å². The van der Waals surface area contributed by atoms with Gasteiger partial charge in [0.2, 0.25) is 0 Å². The average molecular weight is 433 g/mol. The first kappa shape index (κ1) is 21.0. The molecular weight excluding hydrogens is 414 g/mol. The third-order valence-corrected chi connectivity index (χ3v) is 5.56. The number of nitrogens with one attached hydrogen (secondary N) is 1. The highest BCUT2D eigenvalue weighted by molar-refractivity contribution is 6.17. The molecule has 0 saturated heterocycles. The lowest BCUT2D eigenvalue weighted by Crippen LogP contribution is -2.64. The Morgan fingerprint density at radius 2 is 1.65 bits per heavy atom. The van der Waals surface area contributed by atoms with Crippen LogP contribution in [0.25, 0.3) is 0 Å². The number of aliphatic imine (C=N–C) groups is 1. The molecule has 1 saturated carbocycles. The van der Waals surface area contributed by atoms with Gasteiger partial charge in [0, 0.05) is 17.2 Å². The molecule has 2 aromatic rings. The largest absolute Gasteiger partial charge is 0.442 e. The number of rotatable bonds is 4. The van der Waals surface area contributed by atoms with Crippen LogP contribution in [0.2, 0.25) is 0 Å². The summed E-state index contributed by atoms with van der Waals surface area (Å²) in [6, 6.07) is 11.7. The molecule has 2 aliphatic rings. The molecule has 1 heterocycles. The van der Waals surface area contributed by atoms with Crippen LogP contribution in [0, 0.1) is 5.82 Å². The van der Waals surface area contributed by atoms with Crippen molar-refractivity contribution in [3.05, 3.63) is 71.5 Å². The zero-order chi connectivity index (χ0) is 22.2. The summed E-state index contributed by atoms with van der Waals surface area (Å²) in [6.45, 7) is 0. The lowest BCUT2D eigenvalue weighted by molar-refractivity contribution is -0.196. The monoisotopic (exact) mass is 433 g/mol. The van der Waals surface area contributed by atoms with E-state index in [1.54, 1.807) is 35.6 Å². The van der Waals surface area contributed by atoms with Gasteiger partial charge in [-0.15, -0.1) is 0 Å². The van der Waals surface area contributed by atoms with E-state index in [1.165, 1.54) is 0 Å². The maximum atomic E-state index is 14.3. The number of carbonyl (C=O) groups excluding carboxylic acids is 2. The molecule has 31 heavy (non-hydrogen) atoms. The smallest absolute Gasteiger partial charge is 0.312 e. The molecule has 162 valence electrons. The minimum absolute atomic E-state index is 0.116. The maximum absolute atomic E-state index is 14.3. The van der Waals surface area contributed by atoms with Gasteiger partial charge in [0.1, 0.15) is 11.7 Å². The Labute approximate surface area is 175 Å². The van der Waals surface area contributed by atoms with Gasteiger partial charge in [-0.2, -0.15) is 13.2 Å². The minimum Gasteiger partial charge on any atom is -0.312 e. The molecule has 1 aliphatic carbocycles. The Bertz CT molecular complexity index is 1020. The molecule has 4 rings (SSSR count). The van der Waals surface area contributed by atoms with Gasteiger partial charge in [-0.3, -0.25) is 14.5 Å². The van der Waals surface area contributed by atoms with Gasteiger partial charge in [-0.05, 0) is 37.1 Å². The molecule has 2 aromatic carbocycles. The van der Waals surface area contributed by atoms with Crippen LogP contribution in [0.5, 0.6) is 0 Å². The topological polar surface area (TPSA) is 61.8 Å². The van der Waals surface area contributed by atoms with Crippen molar-refractivity contribution >= 4 is 17.6 Å². The summed E-state index contributed by atoms with van der Waals surface area (Å²) < 4.78 is 56.1. The number of alkyl halides is 3. The Hall–Kier alpha value is -3.23. The quantitative estimate of drug-likeness (QED) is 0.740. The number of benzene rings is 2. The van der Waals surface area contributed by atoms with Crippen molar-refractivity contribution in [1.29, 1.82) is 0 Å². The molecule has 0 aromatic heterocycles. The molecule has 0 bridgehead atoms. The number of halogens is 4. The summed E-state index contributed by atoms with van der Waals surface area (Å²) in [4.78, 5) is 30.8. The van der Waals surface area contributed by atoms with E-state index < -0.39 is 35.5 Å². The summed E-state index contributed by atoms with van der Waals surface area (Å²) in [7, 11) is 0. The van der Waals surface area contributed by atoms with Gasteiger partial charge in [-0.25, -0.2) is 9.38 Å². The first-order chi connectivity index (χ1) is 14.7. The number of amides is 2. The highest BCUT2D eigenvalue weighted by Gasteiger charge is 2.68. The van der Waals surface area contributed by atoms with E-state index in [0.717, 1.165) is 42.0 Å². The van der Waals surface area contributed by atoms with E-state index in [0.29, 0.717) is 18.4 Å². The normalized spacial score (nSPS) is 22.0. The van der Waals surface area contributed by atoms with Crippen molar-refractivity contribution in [3.63, 3.8) is 0 Å². The van der Waals surface area contributed by atoms with Crippen LogP contribution in [0.3, 0.4) is 0 Å². The highest BCUT2D eigenvalue weighted by Crippen LogP contribution is 2.41. The maximum Gasteiger partial charge on any atom is 0.442 e. The fraction of sp³-hybridized carbons (Fsp3) is 0.318. The van der Waals surface area contributed by atoms with Crippen LogP contribution in [-0.2, 0) is 4.79 Å². The molecule has 5 nitrogen and oxygen atoms in total. The van der Waals surface area contributed by atoms with Gasteiger partial charge < -0.3 is 5.32 Å². The first-order valence-electron chi connectivity index (χ1n) is 9.87. The van der Waals surface area contributed by atoms with Crippen LogP contribution in [0.4, 0.5) is 17.6 Å². The molecule has 0 unspecified atom stereocenters. The van der Waals surface area contributed by atoms with Crippen molar-refractivity contribution in [1.82, 2.24) is 10.2 Å². The molecule has 0 spiro atoms. The number of carbonyl (C=O) groups is 2. The lowest BCUT2D eigenvalue weighted by atomic mass is 10.1. The number of nitrogens with zero attached hydrogens (tertiary/aromatic N) is 2. The molecule has 0 radical (unpaired) electrons. The molecule has 1 atom stereocenters. The summed E-state index contributed by atoms with van der Waals surface area (Å²) >= 11 is 0. The van der Waals surface area contributed by atoms with Crippen molar-refractivity contribution in [2.24, 2.45) is 4.99 Å². The Balaban J connectivity index is 1.80. The third kappa shape index (κ3) is 3.68. The SMILES string of the molecule is O=C(N[C@]1(C(F)(F)F)N=C(c2ccccc2)N(C2CCCC2)C1=O)c1ccc(F)cc1. The summed E-state index contributed by atoms with van der Waals surface area (Å²) in [5.41, 5.74) is -3.31. The molecule has 1 aliphatic heterocycles. The Morgan fingerprint density at radius 1 is 1.03 bits per heavy atom. The van der Waals surface area contributed by atoms with Gasteiger partial charge in [0.25, 0.3) is 11.8 Å². The van der Waals surface area contributed by atoms with E-state index in [9.17, 15) is 27.2 Å². The number of hydrogen-bond acceptors (Lipinski definition) is 3. The lowest BCUT2D eigenvalue weighted by Gasteiger charge is -2.31. The fourth-order valence-electron chi connectivity index (χ4n) is 4.00. The van der Waals surface area contributed by atoms with Crippen LogP contribution >= 0.6 is 0 Å². The minimum atomic E-state index is -5.19. The predicted octanol–water partition coefficient (Wildman–Crippen LogP) is 4.05. The van der Waals surface area contributed by atoms with Gasteiger partial charge in [-0.1, -0.05) is 43.2 Å².